The van der Waals surface area contributed by atoms with E-state index in [9.17, 15) is 14.7 Å². The highest BCUT2D eigenvalue weighted by Gasteiger charge is 2.67. The number of rotatable bonds is 0. The van der Waals surface area contributed by atoms with Gasteiger partial charge < -0.3 is 5.11 Å². The van der Waals surface area contributed by atoms with Gasteiger partial charge in [-0.1, -0.05) is 48.5 Å². The van der Waals surface area contributed by atoms with Gasteiger partial charge in [-0.15, -0.1) is 0 Å². The average Bonchev–Trinajstić information content (AvgIpc) is 2.81. The third-order valence-corrected chi connectivity index (χ3v) is 5.79. The Hall–Kier alpha value is -2.46. The summed E-state index contributed by atoms with van der Waals surface area (Å²) in [6.07, 6.45) is 0. The van der Waals surface area contributed by atoms with Gasteiger partial charge in [-0.3, -0.25) is 14.5 Å². The van der Waals surface area contributed by atoms with E-state index >= 15 is 0 Å². The van der Waals surface area contributed by atoms with Crippen LogP contribution in [0.15, 0.2) is 48.5 Å². The lowest BCUT2D eigenvalue weighted by Gasteiger charge is -2.51. The summed E-state index contributed by atoms with van der Waals surface area (Å²) in [4.78, 5) is 26.6. The number of benzene rings is 2. The minimum Gasteiger partial charge on any atom is -0.379 e. The van der Waals surface area contributed by atoms with Crippen LogP contribution in [-0.4, -0.2) is 28.9 Å². The van der Waals surface area contributed by atoms with E-state index in [0.29, 0.717) is 0 Å². The molecule has 2 amide bonds. The van der Waals surface area contributed by atoms with Gasteiger partial charge in [-0.05, 0) is 22.3 Å². The molecule has 1 N–H and O–H groups in total. The monoisotopic (exact) mass is 305 g/mol. The van der Waals surface area contributed by atoms with E-state index < -0.39 is 17.4 Å². The first-order chi connectivity index (χ1) is 11.1. The smallest absolute Gasteiger partial charge is 0.236 e. The lowest BCUT2D eigenvalue weighted by atomic mass is 9.52. The number of carbonyl (C=O) groups is 2. The SMILES string of the molecule is CN1C(=O)C2C3c4ccccc4C(O)(c4ccccc43)C2C1=O. The molecular weight excluding hydrogens is 290 g/mol. The maximum Gasteiger partial charge on any atom is 0.236 e. The zero-order valence-corrected chi connectivity index (χ0v) is 12.6. The third-order valence-electron chi connectivity index (χ3n) is 5.79. The second-order valence-electron chi connectivity index (χ2n) is 6.66. The van der Waals surface area contributed by atoms with Gasteiger partial charge >= 0.3 is 0 Å². The summed E-state index contributed by atoms with van der Waals surface area (Å²) in [5.41, 5.74) is 2.03. The molecule has 4 nitrogen and oxygen atoms in total. The summed E-state index contributed by atoms with van der Waals surface area (Å²) < 4.78 is 0. The van der Waals surface area contributed by atoms with Crippen LogP contribution >= 0.6 is 0 Å². The van der Waals surface area contributed by atoms with Crippen LogP contribution < -0.4 is 0 Å². The van der Waals surface area contributed by atoms with Gasteiger partial charge in [0, 0.05) is 13.0 Å². The number of hydrogen-bond acceptors (Lipinski definition) is 3. The number of likely N-dealkylation sites (tertiary alicyclic amines) is 1. The molecular formula is C19H15NO3. The Labute approximate surface area is 133 Å². The Bertz CT molecular complexity index is 840. The molecule has 2 bridgehead atoms. The Morgan fingerprint density at radius 2 is 1.43 bits per heavy atom. The van der Waals surface area contributed by atoms with E-state index in [1.54, 1.807) is 0 Å². The molecule has 0 aromatic heterocycles. The molecule has 114 valence electrons. The van der Waals surface area contributed by atoms with Gasteiger partial charge in [0.05, 0.1) is 11.8 Å². The Balaban J connectivity index is 1.92. The predicted octanol–water partition coefficient (Wildman–Crippen LogP) is 1.61. The summed E-state index contributed by atoms with van der Waals surface area (Å²) >= 11 is 0. The Morgan fingerprint density at radius 3 is 2.00 bits per heavy atom. The number of imide groups is 1. The number of amides is 2. The van der Waals surface area contributed by atoms with Crippen LogP contribution in [0.2, 0.25) is 0 Å². The number of nitrogens with zero attached hydrogens (tertiary/aromatic N) is 1. The summed E-state index contributed by atoms with van der Waals surface area (Å²) in [7, 11) is 1.52. The minimum absolute atomic E-state index is 0.164. The van der Waals surface area contributed by atoms with Gasteiger partial charge in [-0.25, -0.2) is 0 Å². The molecule has 2 unspecified atom stereocenters. The Morgan fingerprint density at radius 1 is 0.913 bits per heavy atom. The highest BCUT2D eigenvalue weighted by molar-refractivity contribution is 6.07. The molecule has 0 saturated carbocycles. The summed E-state index contributed by atoms with van der Waals surface area (Å²) in [6.45, 7) is 0. The zero-order chi connectivity index (χ0) is 15.9. The molecule has 1 aliphatic heterocycles. The van der Waals surface area contributed by atoms with Crippen LogP contribution in [0.3, 0.4) is 0 Å². The van der Waals surface area contributed by atoms with E-state index in [1.165, 1.54) is 11.9 Å². The first-order valence-electron chi connectivity index (χ1n) is 7.79. The first-order valence-corrected chi connectivity index (χ1v) is 7.79. The van der Waals surface area contributed by atoms with Gasteiger partial charge in [0.2, 0.25) is 11.8 Å². The first kappa shape index (κ1) is 13.0. The van der Waals surface area contributed by atoms with Crippen LogP contribution in [0.4, 0.5) is 0 Å². The van der Waals surface area contributed by atoms with Crippen LogP contribution in [-0.2, 0) is 15.2 Å². The van der Waals surface area contributed by atoms with E-state index in [0.717, 1.165) is 22.3 Å². The maximum absolute atomic E-state index is 12.7. The van der Waals surface area contributed by atoms with E-state index in [4.69, 9.17) is 0 Å². The van der Waals surface area contributed by atoms with Crippen molar-refractivity contribution in [1.29, 1.82) is 0 Å². The molecule has 1 saturated heterocycles. The summed E-state index contributed by atoms with van der Waals surface area (Å²) in [5, 5.41) is 11.7. The molecule has 2 aromatic rings. The van der Waals surface area contributed by atoms with Crippen molar-refractivity contribution in [1.82, 2.24) is 4.90 Å². The molecule has 1 heterocycles. The quantitative estimate of drug-likeness (QED) is 0.752. The molecule has 23 heavy (non-hydrogen) atoms. The lowest BCUT2D eigenvalue weighted by molar-refractivity contribution is -0.140. The highest BCUT2D eigenvalue weighted by Crippen LogP contribution is 2.62. The summed E-state index contributed by atoms with van der Waals surface area (Å²) in [6, 6.07) is 15.3. The average molecular weight is 305 g/mol. The molecule has 4 heteroatoms. The number of hydrogen-bond donors (Lipinski definition) is 1. The molecule has 6 rings (SSSR count). The normalized spacial score (nSPS) is 33.5. The zero-order valence-electron chi connectivity index (χ0n) is 12.6. The standard InChI is InChI=1S/C19H15NO3/c1-20-17(21)15-14-10-6-2-4-8-12(10)19(23,16(15)18(20)22)13-9-5-3-7-11(13)14/h2-9,14-16,23H,1H3. The highest BCUT2D eigenvalue weighted by atomic mass is 16.3. The second-order valence-corrected chi connectivity index (χ2v) is 6.66. The van der Waals surface area contributed by atoms with Gasteiger partial charge in [0.1, 0.15) is 5.60 Å². The summed E-state index contributed by atoms with van der Waals surface area (Å²) in [5.74, 6) is -1.87. The van der Waals surface area contributed by atoms with Crippen molar-refractivity contribution in [2.75, 3.05) is 7.05 Å². The second kappa shape index (κ2) is 3.89. The number of carbonyl (C=O) groups excluding carboxylic acids is 2. The van der Waals surface area contributed by atoms with Crippen LogP contribution in [0, 0.1) is 11.8 Å². The fourth-order valence-corrected chi connectivity index (χ4v) is 4.88. The van der Waals surface area contributed by atoms with Crippen LogP contribution in [0.25, 0.3) is 0 Å². The lowest BCUT2D eigenvalue weighted by Crippen LogP contribution is -2.53. The fraction of sp³-hybridized carbons (Fsp3) is 0.263. The maximum atomic E-state index is 12.7. The van der Waals surface area contributed by atoms with Crippen molar-refractivity contribution < 1.29 is 14.7 Å². The number of aliphatic hydroxyl groups is 1. The topological polar surface area (TPSA) is 57.6 Å². The molecule has 2 atom stereocenters. The molecule has 4 aliphatic rings. The fourth-order valence-electron chi connectivity index (χ4n) is 4.88. The van der Waals surface area contributed by atoms with Crippen LogP contribution in [0.1, 0.15) is 28.2 Å². The van der Waals surface area contributed by atoms with E-state index in [2.05, 4.69) is 0 Å². The third kappa shape index (κ3) is 1.24. The van der Waals surface area contributed by atoms with Gasteiger partial charge in [0.25, 0.3) is 0 Å². The molecule has 2 aromatic carbocycles. The minimum atomic E-state index is -1.43. The van der Waals surface area contributed by atoms with Crippen LogP contribution in [0.5, 0.6) is 0 Å². The van der Waals surface area contributed by atoms with Crippen molar-refractivity contribution in [2.24, 2.45) is 11.8 Å². The van der Waals surface area contributed by atoms with Crippen molar-refractivity contribution >= 4 is 11.8 Å². The molecule has 0 radical (unpaired) electrons. The van der Waals surface area contributed by atoms with Gasteiger partial charge in [0.15, 0.2) is 0 Å². The molecule has 0 spiro atoms. The van der Waals surface area contributed by atoms with Crippen molar-refractivity contribution in [3.63, 3.8) is 0 Å². The largest absolute Gasteiger partial charge is 0.379 e. The van der Waals surface area contributed by atoms with Crippen molar-refractivity contribution in [3.8, 4) is 0 Å². The predicted molar refractivity (Wildman–Crippen MR) is 82.5 cm³/mol. The Kier molecular flexibility index (Phi) is 2.20. The van der Waals surface area contributed by atoms with Crippen molar-refractivity contribution in [3.05, 3.63) is 70.8 Å². The molecule has 3 aliphatic carbocycles. The van der Waals surface area contributed by atoms with Gasteiger partial charge in [-0.2, -0.15) is 0 Å². The van der Waals surface area contributed by atoms with Crippen molar-refractivity contribution in [2.45, 2.75) is 11.5 Å². The van der Waals surface area contributed by atoms with E-state index in [1.807, 2.05) is 48.5 Å². The molecule has 1 fully saturated rings. The van der Waals surface area contributed by atoms with E-state index in [-0.39, 0.29) is 17.7 Å².